The highest BCUT2D eigenvalue weighted by Crippen LogP contribution is 2.28. The van der Waals surface area contributed by atoms with Crippen molar-refractivity contribution in [3.63, 3.8) is 0 Å². The summed E-state index contributed by atoms with van der Waals surface area (Å²) < 4.78 is 5.76. The molecule has 2 rings (SSSR count). The lowest BCUT2D eigenvalue weighted by Crippen LogP contribution is -2.44. The summed E-state index contributed by atoms with van der Waals surface area (Å²) in [7, 11) is 0. The normalized spacial score (nSPS) is 16.2. The summed E-state index contributed by atoms with van der Waals surface area (Å²) >= 11 is 3.15. The molecule has 0 spiro atoms. The fraction of sp³-hybridized carbons (Fsp3) is 0.500. The number of benzene rings is 1. The van der Waals surface area contributed by atoms with E-state index in [4.69, 9.17) is 4.74 Å². The number of esters is 1. The number of hydrogen-bond donors (Lipinski definition) is 1. The first-order valence-corrected chi connectivity index (χ1v) is 8.60. The smallest absolute Gasteiger partial charge is 0.304 e. The van der Waals surface area contributed by atoms with Gasteiger partial charge in [-0.3, -0.25) is 19.7 Å². The molecule has 0 saturated heterocycles. The van der Waals surface area contributed by atoms with Gasteiger partial charge in [0.2, 0.25) is 0 Å². The molecule has 7 nitrogen and oxygen atoms in total. The summed E-state index contributed by atoms with van der Waals surface area (Å²) in [6.45, 7) is 1.28. The molecule has 0 bridgehead atoms. The second-order valence-corrected chi connectivity index (χ2v) is 6.74. The molecule has 1 aromatic rings. The maximum absolute atomic E-state index is 12.5. The SMILES string of the molecule is CC(=O)O[C@H](NC(=O)c1ccc(Br)cc1[N+](=O)[O-])C1CCCCC1. The van der Waals surface area contributed by atoms with Gasteiger partial charge in [0.25, 0.3) is 11.6 Å². The van der Waals surface area contributed by atoms with Gasteiger partial charge in [0.15, 0.2) is 6.23 Å². The first-order chi connectivity index (χ1) is 11.4. The number of nitro groups is 1. The molecule has 1 fully saturated rings. The monoisotopic (exact) mass is 398 g/mol. The largest absolute Gasteiger partial charge is 0.442 e. The summed E-state index contributed by atoms with van der Waals surface area (Å²) in [5.41, 5.74) is -0.358. The fourth-order valence-corrected chi connectivity index (χ4v) is 3.26. The molecule has 0 aliphatic heterocycles. The minimum absolute atomic E-state index is 0.0288. The molecule has 0 aromatic heterocycles. The fourth-order valence-electron chi connectivity index (χ4n) is 2.91. The number of ether oxygens (including phenoxy) is 1. The van der Waals surface area contributed by atoms with Gasteiger partial charge in [-0.25, -0.2) is 0 Å². The molecule has 0 heterocycles. The predicted molar refractivity (Wildman–Crippen MR) is 90.4 cm³/mol. The van der Waals surface area contributed by atoms with Crippen LogP contribution in [-0.4, -0.2) is 23.0 Å². The Hall–Kier alpha value is -1.96. The minimum atomic E-state index is -0.765. The molecule has 1 aliphatic carbocycles. The minimum Gasteiger partial charge on any atom is -0.442 e. The summed E-state index contributed by atoms with van der Waals surface area (Å²) in [5.74, 6) is -1.08. The van der Waals surface area contributed by atoms with Gasteiger partial charge in [-0.2, -0.15) is 0 Å². The van der Waals surface area contributed by atoms with Gasteiger partial charge in [-0.15, -0.1) is 0 Å². The lowest BCUT2D eigenvalue weighted by molar-refractivity contribution is -0.385. The second kappa shape index (κ2) is 8.23. The van der Waals surface area contributed by atoms with E-state index in [0.717, 1.165) is 32.1 Å². The van der Waals surface area contributed by atoms with Crippen molar-refractivity contribution in [2.75, 3.05) is 0 Å². The van der Waals surface area contributed by atoms with Gasteiger partial charge in [0.05, 0.1) is 4.92 Å². The summed E-state index contributed by atoms with van der Waals surface area (Å²) in [6.07, 6.45) is 4.07. The van der Waals surface area contributed by atoms with Crippen molar-refractivity contribution in [1.82, 2.24) is 5.32 Å². The van der Waals surface area contributed by atoms with Gasteiger partial charge in [0, 0.05) is 23.4 Å². The Bertz CT molecular complexity index is 643. The highest BCUT2D eigenvalue weighted by molar-refractivity contribution is 9.10. The summed E-state index contributed by atoms with van der Waals surface area (Å²) in [6, 6.07) is 4.21. The molecular weight excluding hydrogens is 380 g/mol. The van der Waals surface area contributed by atoms with Crippen LogP contribution in [0.3, 0.4) is 0 Å². The van der Waals surface area contributed by atoms with Crippen molar-refractivity contribution in [1.29, 1.82) is 0 Å². The maximum atomic E-state index is 12.5. The van der Waals surface area contributed by atoms with E-state index in [-0.39, 0.29) is 17.2 Å². The number of nitrogens with one attached hydrogen (secondary N) is 1. The van der Waals surface area contributed by atoms with E-state index in [1.165, 1.54) is 19.1 Å². The number of carbonyl (C=O) groups is 2. The maximum Gasteiger partial charge on any atom is 0.304 e. The number of rotatable bonds is 5. The first kappa shape index (κ1) is 18.4. The number of carbonyl (C=O) groups excluding carboxylic acids is 2. The molecule has 0 radical (unpaired) electrons. The molecule has 1 amide bonds. The van der Waals surface area contributed by atoms with Crippen LogP contribution in [0.25, 0.3) is 0 Å². The highest BCUT2D eigenvalue weighted by Gasteiger charge is 2.30. The van der Waals surface area contributed by atoms with Crippen LogP contribution in [0, 0.1) is 16.0 Å². The zero-order valence-corrected chi connectivity index (χ0v) is 14.9. The summed E-state index contributed by atoms with van der Waals surface area (Å²) in [4.78, 5) is 34.4. The molecule has 130 valence electrons. The van der Waals surface area contributed by atoms with Crippen molar-refractivity contribution in [3.8, 4) is 0 Å². The Kier molecular flexibility index (Phi) is 6.30. The Balaban J connectivity index is 2.20. The van der Waals surface area contributed by atoms with E-state index in [1.807, 2.05) is 0 Å². The van der Waals surface area contributed by atoms with E-state index in [9.17, 15) is 19.7 Å². The third-order valence-electron chi connectivity index (χ3n) is 4.05. The van der Waals surface area contributed by atoms with Crippen molar-refractivity contribution in [3.05, 3.63) is 38.3 Å². The van der Waals surface area contributed by atoms with E-state index in [1.54, 1.807) is 6.07 Å². The zero-order valence-electron chi connectivity index (χ0n) is 13.3. The van der Waals surface area contributed by atoms with Crippen LogP contribution < -0.4 is 5.32 Å². The van der Waals surface area contributed by atoms with E-state index in [2.05, 4.69) is 21.2 Å². The molecule has 1 atom stereocenters. The Morgan fingerprint density at radius 3 is 2.58 bits per heavy atom. The molecule has 24 heavy (non-hydrogen) atoms. The van der Waals surface area contributed by atoms with Crippen molar-refractivity contribution in [2.45, 2.75) is 45.3 Å². The van der Waals surface area contributed by atoms with Crippen LogP contribution in [0.2, 0.25) is 0 Å². The average molecular weight is 399 g/mol. The van der Waals surface area contributed by atoms with Gasteiger partial charge >= 0.3 is 5.97 Å². The topological polar surface area (TPSA) is 98.5 Å². The number of nitrogens with zero attached hydrogens (tertiary/aromatic N) is 1. The Morgan fingerprint density at radius 2 is 2.00 bits per heavy atom. The molecule has 1 aliphatic rings. The lowest BCUT2D eigenvalue weighted by atomic mass is 9.88. The quantitative estimate of drug-likeness (QED) is 0.353. The predicted octanol–water partition coefficient (Wildman–Crippen LogP) is 3.56. The van der Waals surface area contributed by atoms with E-state index >= 15 is 0 Å². The molecule has 1 saturated carbocycles. The van der Waals surface area contributed by atoms with Crippen LogP contribution in [0.5, 0.6) is 0 Å². The number of amides is 1. The molecule has 8 heteroatoms. The molecule has 1 aromatic carbocycles. The van der Waals surface area contributed by atoms with Gasteiger partial charge in [-0.05, 0) is 25.0 Å². The third-order valence-corrected chi connectivity index (χ3v) is 4.54. The zero-order chi connectivity index (χ0) is 17.7. The van der Waals surface area contributed by atoms with Crippen LogP contribution in [0.15, 0.2) is 22.7 Å². The highest BCUT2D eigenvalue weighted by atomic mass is 79.9. The van der Waals surface area contributed by atoms with Gasteiger partial charge < -0.3 is 10.1 Å². The van der Waals surface area contributed by atoms with Crippen molar-refractivity contribution >= 4 is 33.5 Å². The average Bonchev–Trinajstić information content (AvgIpc) is 2.54. The van der Waals surface area contributed by atoms with E-state index < -0.39 is 23.0 Å². The Morgan fingerprint density at radius 1 is 1.33 bits per heavy atom. The molecular formula is C16H19BrN2O5. The number of nitro benzene ring substituents is 1. The van der Waals surface area contributed by atoms with Gasteiger partial charge in [0.1, 0.15) is 5.56 Å². The van der Waals surface area contributed by atoms with Crippen molar-refractivity contribution < 1.29 is 19.2 Å². The third kappa shape index (κ3) is 4.77. The van der Waals surface area contributed by atoms with Crippen LogP contribution in [-0.2, 0) is 9.53 Å². The number of hydrogen-bond acceptors (Lipinski definition) is 5. The number of halogens is 1. The molecule has 0 unspecified atom stereocenters. The van der Waals surface area contributed by atoms with Crippen LogP contribution >= 0.6 is 15.9 Å². The van der Waals surface area contributed by atoms with Gasteiger partial charge in [-0.1, -0.05) is 35.2 Å². The lowest BCUT2D eigenvalue weighted by Gasteiger charge is -2.30. The Labute approximate surface area is 148 Å². The second-order valence-electron chi connectivity index (χ2n) is 5.82. The first-order valence-electron chi connectivity index (χ1n) is 7.80. The standard InChI is InChI=1S/C16H19BrN2O5/c1-10(20)24-16(11-5-3-2-4-6-11)18-15(21)13-8-7-12(17)9-14(13)19(22)23/h7-9,11,16H,2-6H2,1H3,(H,18,21)/t16-/m0/s1. The van der Waals surface area contributed by atoms with Crippen LogP contribution in [0.1, 0.15) is 49.4 Å². The van der Waals surface area contributed by atoms with E-state index in [0.29, 0.717) is 4.47 Å². The summed E-state index contributed by atoms with van der Waals surface area (Å²) in [5, 5.41) is 13.8. The van der Waals surface area contributed by atoms with Crippen LogP contribution in [0.4, 0.5) is 5.69 Å². The molecule has 1 N–H and O–H groups in total. The van der Waals surface area contributed by atoms with Crippen molar-refractivity contribution in [2.24, 2.45) is 5.92 Å².